The van der Waals surface area contributed by atoms with Gasteiger partial charge in [-0.2, -0.15) is 0 Å². The molecule has 0 radical (unpaired) electrons. The van der Waals surface area contributed by atoms with Crippen LogP contribution in [0.1, 0.15) is 17.9 Å². The Morgan fingerprint density at radius 3 is 2.94 bits per heavy atom. The lowest BCUT2D eigenvalue weighted by Crippen LogP contribution is -2.18. The molecule has 2 N–H and O–H groups in total. The van der Waals surface area contributed by atoms with Gasteiger partial charge in [0.2, 0.25) is 0 Å². The van der Waals surface area contributed by atoms with Gasteiger partial charge in [0, 0.05) is 28.0 Å². The molecule has 0 amide bonds. The highest BCUT2D eigenvalue weighted by Gasteiger charge is 2.19. The molecule has 3 rings (SSSR count). The molecule has 1 saturated heterocycles. The number of aromatic nitrogens is 1. The molecule has 4 heteroatoms. The Hall–Kier alpha value is -1.13. The minimum Gasteiger partial charge on any atom is -0.322 e. The largest absolute Gasteiger partial charge is 0.322 e. The van der Waals surface area contributed by atoms with Crippen molar-refractivity contribution in [1.82, 2.24) is 10.3 Å². The molecule has 17 heavy (non-hydrogen) atoms. The van der Waals surface area contributed by atoms with Gasteiger partial charge in [0.05, 0.1) is 0 Å². The number of benzene rings is 1. The van der Waals surface area contributed by atoms with Crippen molar-refractivity contribution in [3.05, 3.63) is 44.7 Å². The van der Waals surface area contributed by atoms with E-state index in [0.717, 1.165) is 40.4 Å². The lowest BCUT2D eigenvalue weighted by molar-refractivity contribution is 0.753. The number of hydrogen-bond acceptors (Lipinski definition) is 2. The molecule has 1 fully saturated rings. The third kappa shape index (κ3) is 2.03. The first-order chi connectivity index (χ1) is 8.24. The van der Waals surface area contributed by atoms with Gasteiger partial charge in [-0.05, 0) is 42.6 Å². The number of halogens is 1. The Labute approximate surface area is 107 Å². The van der Waals surface area contributed by atoms with Crippen LogP contribution in [0.2, 0.25) is 0 Å². The molecule has 3 nitrogen and oxygen atoms in total. The first-order valence-electron chi connectivity index (χ1n) is 5.77. The number of hydrogen-bond donors (Lipinski definition) is 2. The summed E-state index contributed by atoms with van der Waals surface area (Å²) < 4.78 is 1.03. The van der Waals surface area contributed by atoms with E-state index in [-0.39, 0.29) is 5.56 Å². The predicted octanol–water partition coefficient (Wildman–Crippen LogP) is 2.37. The van der Waals surface area contributed by atoms with E-state index in [1.165, 1.54) is 0 Å². The van der Waals surface area contributed by atoms with Crippen LogP contribution in [0.15, 0.2) is 33.5 Å². The maximum atomic E-state index is 12.0. The van der Waals surface area contributed by atoms with Crippen molar-refractivity contribution in [3.8, 4) is 0 Å². The summed E-state index contributed by atoms with van der Waals surface area (Å²) in [6.07, 6.45) is 1.04. The van der Waals surface area contributed by atoms with Crippen LogP contribution in [-0.2, 0) is 0 Å². The van der Waals surface area contributed by atoms with Crippen molar-refractivity contribution in [1.29, 1.82) is 0 Å². The minimum atomic E-state index is 0.0496. The van der Waals surface area contributed by atoms with Gasteiger partial charge in [-0.25, -0.2) is 0 Å². The lowest BCUT2D eigenvalue weighted by atomic mass is 9.98. The summed E-state index contributed by atoms with van der Waals surface area (Å²) in [5, 5.41) is 4.38. The molecule has 1 aromatic heterocycles. The Kier molecular flexibility index (Phi) is 2.76. The third-order valence-electron chi connectivity index (χ3n) is 3.34. The van der Waals surface area contributed by atoms with Crippen molar-refractivity contribution in [2.24, 2.45) is 0 Å². The fraction of sp³-hybridized carbons (Fsp3) is 0.308. The Morgan fingerprint density at radius 1 is 1.29 bits per heavy atom. The van der Waals surface area contributed by atoms with E-state index in [4.69, 9.17) is 0 Å². The zero-order valence-corrected chi connectivity index (χ0v) is 10.9. The third-order valence-corrected chi connectivity index (χ3v) is 3.83. The fourth-order valence-electron chi connectivity index (χ4n) is 2.42. The van der Waals surface area contributed by atoms with E-state index in [0.29, 0.717) is 5.92 Å². The van der Waals surface area contributed by atoms with Gasteiger partial charge in [-0.3, -0.25) is 4.79 Å². The predicted molar refractivity (Wildman–Crippen MR) is 72.5 cm³/mol. The number of fused-ring (bicyclic) bond motifs is 1. The molecule has 0 spiro atoms. The highest BCUT2D eigenvalue weighted by Crippen LogP contribution is 2.23. The summed E-state index contributed by atoms with van der Waals surface area (Å²) in [5.41, 5.74) is 1.85. The van der Waals surface area contributed by atoms with E-state index in [9.17, 15) is 4.79 Å². The molecule has 1 unspecified atom stereocenters. The molecule has 1 aliphatic heterocycles. The van der Waals surface area contributed by atoms with Crippen molar-refractivity contribution in [2.75, 3.05) is 13.1 Å². The molecule has 0 bridgehead atoms. The lowest BCUT2D eigenvalue weighted by Gasteiger charge is -2.09. The van der Waals surface area contributed by atoms with E-state index in [1.54, 1.807) is 0 Å². The number of aromatic amines is 1. The molecule has 1 aliphatic rings. The summed E-state index contributed by atoms with van der Waals surface area (Å²) in [7, 11) is 0. The van der Waals surface area contributed by atoms with Gasteiger partial charge in [0.25, 0.3) is 5.56 Å². The summed E-state index contributed by atoms with van der Waals surface area (Å²) in [4.78, 5) is 15.0. The Balaban J connectivity index is 2.18. The molecule has 88 valence electrons. The van der Waals surface area contributed by atoms with E-state index in [2.05, 4.69) is 26.2 Å². The van der Waals surface area contributed by atoms with Crippen LogP contribution in [0.5, 0.6) is 0 Å². The van der Waals surface area contributed by atoms with E-state index in [1.807, 2.05) is 24.3 Å². The fourth-order valence-corrected chi connectivity index (χ4v) is 2.80. The number of pyridine rings is 1. The van der Waals surface area contributed by atoms with Crippen molar-refractivity contribution >= 4 is 26.8 Å². The highest BCUT2D eigenvalue weighted by molar-refractivity contribution is 9.10. The maximum Gasteiger partial charge on any atom is 0.251 e. The smallest absolute Gasteiger partial charge is 0.251 e. The zero-order valence-electron chi connectivity index (χ0n) is 9.29. The van der Waals surface area contributed by atoms with Gasteiger partial charge in [-0.1, -0.05) is 15.9 Å². The van der Waals surface area contributed by atoms with Gasteiger partial charge >= 0.3 is 0 Å². The SMILES string of the molecule is O=c1[nH]c2ccc(Br)cc2cc1C1CCNC1. The summed E-state index contributed by atoms with van der Waals surface area (Å²) in [5.74, 6) is 0.349. The zero-order chi connectivity index (χ0) is 11.8. The molecule has 2 heterocycles. The molecular weight excluding hydrogens is 280 g/mol. The molecule has 0 aliphatic carbocycles. The average Bonchev–Trinajstić information content (AvgIpc) is 2.82. The number of rotatable bonds is 1. The standard InChI is InChI=1S/C13H13BrN2O/c14-10-1-2-12-9(5-10)6-11(13(17)16-12)8-3-4-15-7-8/h1-2,5-6,8,15H,3-4,7H2,(H,16,17). The first-order valence-corrected chi connectivity index (χ1v) is 6.56. The molecule has 2 aromatic rings. The summed E-state index contributed by atoms with van der Waals surface area (Å²) in [6.45, 7) is 1.91. The summed E-state index contributed by atoms with van der Waals surface area (Å²) in [6, 6.07) is 7.93. The van der Waals surface area contributed by atoms with Crippen LogP contribution in [0.25, 0.3) is 10.9 Å². The van der Waals surface area contributed by atoms with E-state index < -0.39 is 0 Å². The van der Waals surface area contributed by atoms with Crippen molar-refractivity contribution < 1.29 is 0 Å². The second-order valence-electron chi connectivity index (χ2n) is 4.48. The maximum absolute atomic E-state index is 12.0. The van der Waals surface area contributed by atoms with Crippen molar-refractivity contribution in [3.63, 3.8) is 0 Å². The second-order valence-corrected chi connectivity index (χ2v) is 5.39. The average molecular weight is 293 g/mol. The minimum absolute atomic E-state index is 0.0496. The normalized spacial score (nSPS) is 19.9. The quantitative estimate of drug-likeness (QED) is 0.848. The molecule has 1 atom stereocenters. The molecule has 0 saturated carbocycles. The second kappa shape index (κ2) is 4.27. The Morgan fingerprint density at radius 2 is 2.18 bits per heavy atom. The number of H-pyrrole nitrogens is 1. The van der Waals surface area contributed by atoms with Crippen LogP contribution >= 0.6 is 15.9 Å². The Bertz CT molecular complexity index is 614. The van der Waals surface area contributed by atoms with Crippen LogP contribution in [0, 0.1) is 0 Å². The molecular formula is C13H13BrN2O. The highest BCUT2D eigenvalue weighted by atomic mass is 79.9. The van der Waals surface area contributed by atoms with Gasteiger partial charge in [-0.15, -0.1) is 0 Å². The monoisotopic (exact) mass is 292 g/mol. The molecule has 1 aromatic carbocycles. The van der Waals surface area contributed by atoms with Gasteiger partial charge < -0.3 is 10.3 Å². The summed E-state index contributed by atoms with van der Waals surface area (Å²) >= 11 is 3.45. The van der Waals surface area contributed by atoms with Crippen LogP contribution in [-0.4, -0.2) is 18.1 Å². The van der Waals surface area contributed by atoms with Crippen LogP contribution in [0.3, 0.4) is 0 Å². The number of nitrogens with one attached hydrogen (secondary N) is 2. The van der Waals surface area contributed by atoms with Gasteiger partial charge in [0.15, 0.2) is 0 Å². The van der Waals surface area contributed by atoms with Crippen molar-refractivity contribution in [2.45, 2.75) is 12.3 Å². The first kappa shape index (κ1) is 11.0. The van der Waals surface area contributed by atoms with Gasteiger partial charge in [0.1, 0.15) is 0 Å². The topological polar surface area (TPSA) is 44.9 Å². The van der Waals surface area contributed by atoms with Crippen LogP contribution in [0.4, 0.5) is 0 Å². The van der Waals surface area contributed by atoms with Crippen LogP contribution < -0.4 is 10.9 Å². The van der Waals surface area contributed by atoms with E-state index >= 15 is 0 Å².